The Balaban J connectivity index is 0.00000240. The quantitative estimate of drug-likeness (QED) is 0.204. The standard InChI is InChI=1S/C25H35Cl2P.Ru/c26-25(27)17-16-24(21(19-25)18-20-10-4-1-5-11-20)28(22-12-6-2-7-13-22)23-14-8-3-9-15-23;/h1,4-5,10-11,18,22-24H,2-3,6-9,12-17,19H2;. The van der Waals surface area contributed by atoms with Crippen LogP contribution in [0.1, 0.15) is 89.0 Å². The fourth-order valence-corrected chi connectivity index (χ4v) is 10.9. The Kier molecular flexibility index (Phi) is 9.58. The van der Waals surface area contributed by atoms with Crippen molar-refractivity contribution in [3.05, 3.63) is 41.5 Å². The van der Waals surface area contributed by atoms with Crippen molar-refractivity contribution in [2.24, 2.45) is 0 Å². The summed E-state index contributed by atoms with van der Waals surface area (Å²) in [7, 11) is 0.0223. The predicted molar refractivity (Wildman–Crippen MR) is 127 cm³/mol. The Bertz CT molecular complexity index is 630. The Hall–Kier alpha value is 0.593. The van der Waals surface area contributed by atoms with Gasteiger partial charge in [0.1, 0.15) is 4.33 Å². The molecule has 0 aliphatic heterocycles. The van der Waals surface area contributed by atoms with Crippen LogP contribution in [-0.4, -0.2) is 21.3 Å². The van der Waals surface area contributed by atoms with Crippen molar-refractivity contribution < 1.29 is 19.5 Å². The molecule has 1 aromatic carbocycles. The molecule has 0 spiro atoms. The zero-order chi connectivity index (χ0) is 19.4. The summed E-state index contributed by atoms with van der Waals surface area (Å²) >= 11 is 13.4. The number of alkyl halides is 2. The molecule has 4 rings (SSSR count). The molecule has 0 nitrogen and oxygen atoms in total. The van der Waals surface area contributed by atoms with E-state index >= 15 is 0 Å². The van der Waals surface area contributed by atoms with Crippen molar-refractivity contribution in [2.75, 3.05) is 0 Å². The van der Waals surface area contributed by atoms with Gasteiger partial charge in [0.15, 0.2) is 0 Å². The molecule has 0 heterocycles. The topological polar surface area (TPSA) is 0 Å². The van der Waals surface area contributed by atoms with Gasteiger partial charge in [-0.3, -0.25) is 0 Å². The van der Waals surface area contributed by atoms with Crippen molar-refractivity contribution in [2.45, 2.75) is 105 Å². The first-order valence-electron chi connectivity index (χ1n) is 11.5. The Morgan fingerprint density at radius 3 is 1.90 bits per heavy atom. The third-order valence-corrected chi connectivity index (χ3v) is 11.9. The smallest absolute Gasteiger partial charge is 0.101 e. The molecule has 0 aromatic heterocycles. The minimum absolute atomic E-state index is 0. The van der Waals surface area contributed by atoms with Crippen LogP contribution in [0.25, 0.3) is 6.08 Å². The molecule has 1 atom stereocenters. The van der Waals surface area contributed by atoms with Crippen molar-refractivity contribution in [1.82, 2.24) is 0 Å². The Morgan fingerprint density at radius 1 is 0.793 bits per heavy atom. The summed E-state index contributed by atoms with van der Waals surface area (Å²) in [5, 5.41) is 0. The van der Waals surface area contributed by atoms with Crippen LogP contribution in [0.3, 0.4) is 0 Å². The molecular formula is C25H35Cl2PRu. The van der Waals surface area contributed by atoms with Crippen LogP contribution in [0, 0.1) is 0 Å². The molecule has 29 heavy (non-hydrogen) atoms. The molecule has 3 aliphatic carbocycles. The molecule has 1 unspecified atom stereocenters. The van der Waals surface area contributed by atoms with E-state index in [-0.39, 0.29) is 27.4 Å². The normalized spacial score (nSPS) is 27.7. The number of hydrogen-bond acceptors (Lipinski definition) is 0. The number of halogens is 2. The average molecular weight is 539 g/mol. The van der Waals surface area contributed by atoms with Crippen LogP contribution in [0.2, 0.25) is 0 Å². The molecule has 0 radical (unpaired) electrons. The molecule has 1 aromatic rings. The second-order valence-electron chi connectivity index (χ2n) is 9.25. The van der Waals surface area contributed by atoms with Crippen LogP contribution in [0.5, 0.6) is 0 Å². The molecule has 3 fully saturated rings. The van der Waals surface area contributed by atoms with E-state index in [9.17, 15) is 0 Å². The molecule has 0 amide bonds. The summed E-state index contributed by atoms with van der Waals surface area (Å²) in [6.45, 7) is 0. The first kappa shape index (κ1) is 24.2. The molecular weight excluding hydrogens is 503 g/mol. The van der Waals surface area contributed by atoms with E-state index in [0.29, 0.717) is 0 Å². The van der Waals surface area contributed by atoms with Gasteiger partial charge < -0.3 is 0 Å². The van der Waals surface area contributed by atoms with E-state index in [1.54, 1.807) is 5.57 Å². The third kappa shape index (κ3) is 6.54. The molecule has 0 N–H and O–H groups in total. The van der Waals surface area contributed by atoms with Crippen LogP contribution < -0.4 is 0 Å². The zero-order valence-corrected chi connectivity index (χ0v) is 21.6. The number of rotatable bonds is 4. The van der Waals surface area contributed by atoms with E-state index in [1.807, 2.05) is 0 Å². The second-order valence-corrected chi connectivity index (χ2v) is 13.9. The predicted octanol–water partition coefficient (Wildman–Crippen LogP) is 8.94. The summed E-state index contributed by atoms with van der Waals surface area (Å²) < 4.78 is -0.572. The summed E-state index contributed by atoms with van der Waals surface area (Å²) in [6, 6.07) is 10.8. The van der Waals surface area contributed by atoms with Gasteiger partial charge >= 0.3 is 0 Å². The van der Waals surface area contributed by atoms with Crippen molar-refractivity contribution in [1.29, 1.82) is 0 Å². The van der Waals surface area contributed by atoms with Gasteiger partial charge in [0.05, 0.1) is 0 Å². The van der Waals surface area contributed by atoms with Gasteiger partial charge in [-0.15, -0.1) is 23.2 Å². The van der Waals surface area contributed by atoms with Crippen LogP contribution >= 0.6 is 31.1 Å². The van der Waals surface area contributed by atoms with Gasteiger partial charge in [0, 0.05) is 31.6 Å². The van der Waals surface area contributed by atoms with Gasteiger partial charge in [-0.25, -0.2) is 0 Å². The first-order chi connectivity index (χ1) is 13.6. The monoisotopic (exact) mass is 538 g/mol. The zero-order valence-electron chi connectivity index (χ0n) is 17.4. The maximum Gasteiger partial charge on any atom is 0.122 e. The fourth-order valence-electron chi connectivity index (χ4n) is 5.85. The number of allylic oxidation sites excluding steroid dienone is 1. The molecule has 3 saturated carbocycles. The van der Waals surface area contributed by atoms with Crippen molar-refractivity contribution in [3.63, 3.8) is 0 Å². The van der Waals surface area contributed by atoms with Crippen molar-refractivity contribution >= 4 is 37.2 Å². The van der Waals surface area contributed by atoms with Crippen molar-refractivity contribution in [3.8, 4) is 0 Å². The molecule has 3 aliphatic rings. The molecule has 4 heteroatoms. The Labute approximate surface area is 202 Å². The minimum atomic E-state index is -0.572. The summed E-state index contributed by atoms with van der Waals surface area (Å²) in [5.74, 6) is 0. The minimum Gasteiger partial charge on any atom is -0.101 e. The molecule has 0 saturated heterocycles. The first-order valence-corrected chi connectivity index (χ1v) is 13.8. The van der Waals surface area contributed by atoms with Gasteiger partial charge in [-0.05, 0) is 55.4 Å². The number of benzene rings is 1. The second kappa shape index (κ2) is 11.5. The SMILES string of the molecule is ClC1(Cl)CCC(P(C2CCCCC2)C2CCCCC2)C(=Cc2ccccc2)C1.[Ru]. The largest absolute Gasteiger partial charge is 0.122 e. The van der Waals surface area contributed by atoms with E-state index in [2.05, 4.69) is 36.4 Å². The van der Waals surface area contributed by atoms with E-state index in [1.165, 1.54) is 76.2 Å². The van der Waals surface area contributed by atoms with Crippen LogP contribution in [0.4, 0.5) is 0 Å². The summed E-state index contributed by atoms with van der Waals surface area (Å²) in [4.78, 5) is 0. The maximum atomic E-state index is 6.71. The van der Waals surface area contributed by atoms with Gasteiger partial charge in [-0.1, -0.05) is 88.4 Å². The van der Waals surface area contributed by atoms with E-state index < -0.39 is 4.33 Å². The summed E-state index contributed by atoms with van der Waals surface area (Å²) in [6.07, 6.45) is 20.1. The molecule has 162 valence electrons. The molecule has 0 bridgehead atoms. The number of hydrogen-bond donors (Lipinski definition) is 0. The van der Waals surface area contributed by atoms with Gasteiger partial charge in [-0.2, -0.15) is 0 Å². The fraction of sp³-hybridized carbons (Fsp3) is 0.680. The maximum absolute atomic E-state index is 6.71. The van der Waals surface area contributed by atoms with Gasteiger partial charge in [0.25, 0.3) is 0 Å². The third-order valence-electron chi connectivity index (χ3n) is 7.18. The Morgan fingerprint density at radius 2 is 1.34 bits per heavy atom. The van der Waals surface area contributed by atoms with E-state index in [0.717, 1.165) is 29.8 Å². The van der Waals surface area contributed by atoms with Crippen LogP contribution in [-0.2, 0) is 19.5 Å². The average Bonchev–Trinajstić information content (AvgIpc) is 2.72. The van der Waals surface area contributed by atoms with Crippen LogP contribution in [0.15, 0.2) is 35.9 Å². The summed E-state index contributed by atoms with van der Waals surface area (Å²) in [5.41, 5.74) is 5.58. The van der Waals surface area contributed by atoms with E-state index in [4.69, 9.17) is 23.2 Å². The van der Waals surface area contributed by atoms with Gasteiger partial charge in [0.2, 0.25) is 0 Å².